The summed E-state index contributed by atoms with van der Waals surface area (Å²) in [7, 11) is 1.52. The van der Waals surface area contributed by atoms with Crippen LogP contribution in [0.3, 0.4) is 0 Å². The third kappa shape index (κ3) is 1.96. The van der Waals surface area contributed by atoms with E-state index in [-0.39, 0.29) is 17.2 Å². The highest BCUT2D eigenvalue weighted by Crippen LogP contribution is 2.14. The maximum atomic E-state index is 11.6. The van der Waals surface area contributed by atoms with Gasteiger partial charge in [0.15, 0.2) is 5.69 Å². The van der Waals surface area contributed by atoms with Gasteiger partial charge in [0.05, 0.1) is 17.4 Å². The van der Waals surface area contributed by atoms with Crippen LogP contribution in [0.4, 0.5) is 0 Å². The number of hydrogen-bond donors (Lipinski definition) is 1. The minimum absolute atomic E-state index is 0.234. The number of amides is 1. The zero-order valence-electron chi connectivity index (χ0n) is 10.1. The van der Waals surface area contributed by atoms with Gasteiger partial charge in [-0.25, -0.2) is 4.68 Å². The first-order valence-electron chi connectivity index (χ1n) is 5.44. The summed E-state index contributed by atoms with van der Waals surface area (Å²) in [5, 5.41) is 15.7. The Morgan fingerprint density at radius 2 is 2.06 bits per heavy atom. The minimum atomic E-state index is -0.315. The summed E-state index contributed by atoms with van der Waals surface area (Å²) < 4.78 is 1.46. The fraction of sp³-hybridized carbons (Fsp3) is 0.154. The molecule has 18 heavy (non-hydrogen) atoms. The Morgan fingerprint density at radius 1 is 1.39 bits per heavy atom. The highest BCUT2D eigenvalue weighted by Gasteiger charge is 2.16. The molecule has 1 N–H and O–H groups in total. The largest absolute Gasteiger partial charge is 0.355 e. The number of carbonyl (C=O) groups is 1. The number of hydrogen-bond acceptors (Lipinski definition) is 3. The van der Waals surface area contributed by atoms with Crippen LogP contribution in [0.25, 0.3) is 5.69 Å². The number of aromatic nitrogens is 2. The molecule has 0 spiro atoms. The molecule has 2 rings (SSSR count). The molecule has 1 aromatic heterocycles. The molecule has 0 aliphatic heterocycles. The average molecular weight is 240 g/mol. The van der Waals surface area contributed by atoms with Crippen LogP contribution in [-0.4, -0.2) is 22.7 Å². The van der Waals surface area contributed by atoms with Crippen molar-refractivity contribution in [3.05, 3.63) is 47.3 Å². The number of benzene rings is 1. The molecule has 1 amide bonds. The van der Waals surface area contributed by atoms with Crippen molar-refractivity contribution in [3.8, 4) is 11.8 Å². The van der Waals surface area contributed by atoms with Gasteiger partial charge in [-0.3, -0.25) is 4.79 Å². The van der Waals surface area contributed by atoms with Gasteiger partial charge in [-0.05, 0) is 19.1 Å². The summed E-state index contributed by atoms with van der Waals surface area (Å²) in [5.41, 5.74) is 2.39. The van der Waals surface area contributed by atoms with Crippen molar-refractivity contribution in [2.45, 2.75) is 6.92 Å². The molecule has 5 heteroatoms. The standard InChI is InChI=1S/C13H12N4O/c1-9-3-5-10(6-4-9)17-12(7-14)11(8-16-17)13(18)15-2/h3-6,8H,1-2H3,(H,15,18). The molecule has 90 valence electrons. The number of rotatable bonds is 2. The van der Waals surface area contributed by atoms with Crippen LogP contribution >= 0.6 is 0 Å². The quantitative estimate of drug-likeness (QED) is 0.862. The van der Waals surface area contributed by atoms with E-state index < -0.39 is 0 Å². The Bertz CT molecular complexity index is 619. The monoisotopic (exact) mass is 240 g/mol. The van der Waals surface area contributed by atoms with Gasteiger partial charge in [-0.15, -0.1) is 0 Å². The average Bonchev–Trinajstić information content (AvgIpc) is 2.82. The van der Waals surface area contributed by atoms with Crippen LogP contribution in [-0.2, 0) is 0 Å². The highest BCUT2D eigenvalue weighted by molar-refractivity contribution is 5.95. The predicted octanol–water partition coefficient (Wildman–Crippen LogP) is 1.41. The second-order valence-electron chi connectivity index (χ2n) is 3.85. The van der Waals surface area contributed by atoms with E-state index in [4.69, 9.17) is 5.26 Å². The number of nitrogens with one attached hydrogen (secondary N) is 1. The lowest BCUT2D eigenvalue weighted by Gasteiger charge is -2.03. The van der Waals surface area contributed by atoms with Gasteiger partial charge in [-0.1, -0.05) is 17.7 Å². The molecular formula is C13H12N4O. The summed E-state index contributed by atoms with van der Waals surface area (Å²) in [4.78, 5) is 11.6. The van der Waals surface area contributed by atoms with Gasteiger partial charge in [0, 0.05) is 7.05 Å². The molecule has 0 atom stereocenters. The minimum Gasteiger partial charge on any atom is -0.355 e. The summed E-state index contributed by atoms with van der Waals surface area (Å²) in [6.45, 7) is 1.98. The summed E-state index contributed by atoms with van der Waals surface area (Å²) in [6.07, 6.45) is 1.40. The third-order valence-electron chi connectivity index (χ3n) is 2.63. The van der Waals surface area contributed by atoms with Crippen molar-refractivity contribution in [3.63, 3.8) is 0 Å². The Morgan fingerprint density at radius 3 is 2.61 bits per heavy atom. The Hall–Kier alpha value is -2.61. The van der Waals surface area contributed by atoms with E-state index in [9.17, 15) is 4.79 Å². The lowest BCUT2D eigenvalue weighted by atomic mass is 10.2. The normalized spacial score (nSPS) is 9.83. The van der Waals surface area contributed by atoms with Crippen LogP contribution in [0, 0.1) is 18.3 Å². The van der Waals surface area contributed by atoms with Gasteiger partial charge in [0.25, 0.3) is 5.91 Å². The van der Waals surface area contributed by atoms with Crippen LogP contribution in [0.15, 0.2) is 30.5 Å². The van der Waals surface area contributed by atoms with Gasteiger partial charge in [0.2, 0.25) is 0 Å². The Balaban J connectivity index is 2.53. The van der Waals surface area contributed by atoms with Crippen molar-refractivity contribution in [1.29, 1.82) is 5.26 Å². The SMILES string of the molecule is CNC(=O)c1cnn(-c2ccc(C)cc2)c1C#N. The fourth-order valence-electron chi connectivity index (χ4n) is 1.64. The van der Waals surface area contributed by atoms with Crippen LogP contribution < -0.4 is 5.32 Å². The van der Waals surface area contributed by atoms with Crippen molar-refractivity contribution in [2.24, 2.45) is 0 Å². The van der Waals surface area contributed by atoms with E-state index in [1.54, 1.807) is 0 Å². The number of nitrogens with zero attached hydrogens (tertiary/aromatic N) is 3. The molecular weight excluding hydrogens is 228 g/mol. The summed E-state index contributed by atoms with van der Waals surface area (Å²) in [6, 6.07) is 9.58. The third-order valence-corrected chi connectivity index (χ3v) is 2.63. The molecule has 2 aromatic rings. The number of aryl methyl sites for hydroxylation is 1. The van der Waals surface area contributed by atoms with Gasteiger partial charge < -0.3 is 5.32 Å². The molecule has 0 unspecified atom stereocenters. The van der Waals surface area contributed by atoms with E-state index in [1.165, 1.54) is 17.9 Å². The lowest BCUT2D eigenvalue weighted by molar-refractivity contribution is 0.0963. The van der Waals surface area contributed by atoms with Crippen LogP contribution in [0.1, 0.15) is 21.6 Å². The Kier molecular flexibility index (Phi) is 3.11. The molecule has 0 aliphatic carbocycles. The zero-order chi connectivity index (χ0) is 13.1. The molecule has 1 heterocycles. The van der Waals surface area contributed by atoms with Gasteiger partial charge >= 0.3 is 0 Å². The smallest absolute Gasteiger partial charge is 0.255 e. The van der Waals surface area contributed by atoms with E-state index >= 15 is 0 Å². The summed E-state index contributed by atoms with van der Waals surface area (Å²) in [5.74, 6) is -0.315. The molecule has 0 saturated carbocycles. The van der Waals surface area contributed by atoms with Crippen LogP contribution in [0.2, 0.25) is 0 Å². The molecule has 0 bridgehead atoms. The second kappa shape index (κ2) is 4.72. The first-order chi connectivity index (χ1) is 8.67. The maximum absolute atomic E-state index is 11.6. The van der Waals surface area contributed by atoms with E-state index in [1.807, 2.05) is 37.3 Å². The number of nitriles is 1. The zero-order valence-corrected chi connectivity index (χ0v) is 10.1. The number of carbonyl (C=O) groups excluding carboxylic acids is 1. The second-order valence-corrected chi connectivity index (χ2v) is 3.85. The molecule has 1 aromatic carbocycles. The topological polar surface area (TPSA) is 70.7 Å². The molecule has 0 fully saturated rings. The molecule has 0 saturated heterocycles. The van der Waals surface area contributed by atoms with E-state index in [2.05, 4.69) is 10.4 Å². The van der Waals surface area contributed by atoms with Crippen molar-refractivity contribution in [1.82, 2.24) is 15.1 Å². The Labute approximate surface area is 105 Å². The molecule has 5 nitrogen and oxygen atoms in total. The first-order valence-corrected chi connectivity index (χ1v) is 5.44. The predicted molar refractivity (Wildman–Crippen MR) is 66.4 cm³/mol. The fourth-order valence-corrected chi connectivity index (χ4v) is 1.64. The highest BCUT2D eigenvalue weighted by atomic mass is 16.1. The molecule has 0 aliphatic rings. The van der Waals surface area contributed by atoms with Gasteiger partial charge in [0.1, 0.15) is 6.07 Å². The van der Waals surface area contributed by atoms with Crippen molar-refractivity contribution >= 4 is 5.91 Å². The van der Waals surface area contributed by atoms with Crippen LogP contribution in [0.5, 0.6) is 0 Å². The molecule has 0 radical (unpaired) electrons. The van der Waals surface area contributed by atoms with Gasteiger partial charge in [-0.2, -0.15) is 10.4 Å². The van der Waals surface area contributed by atoms with E-state index in [0.717, 1.165) is 11.3 Å². The van der Waals surface area contributed by atoms with Crippen molar-refractivity contribution in [2.75, 3.05) is 7.05 Å². The first kappa shape index (κ1) is 11.9. The van der Waals surface area contributed by atoms with Crippen molar-refractivity contribution < 1.29 is 4.79 Å². The maximum Gasteiger partial charge on any atom is 0.255 e. The lowest BCUT2D eigenvalue weighted by Crippen LogP contribution is -2.18. The van der Waals surface area contributed by atoms with E-state index in [0.29, 0.717) is 0 Å². The summed E-state index contributed by atoms with van der Waals surface area (Å²) >= 11 is 0.